The van der Waals surface area contributed by atoms with Gasteiger partial charge in [-0.2, -0.15) is 0 Å². The van der Waals surface area contributed by atoms with Crippen molar-refractivity contribution in [3.05, 3.63) is 36.0 Å². The summed E-state index contributed by atoms with van der Waals surface area (Å²) in [5.74, 6) is 0.250. The minimum atomic E-state index is 0.250. The number of piperazine rings is 1. The fourth-order valence-corrected chi connectivity index (χ4v) is 4.59. The molecule has 1 N–H and O–H groups in total. The van der Waals surface area contributed by atoms with Gasteiger partial charge in [-0.3, -0.25) is 4.79 Å². The fourth-order valence-electron chi connectivity index (χ4n) is 4.59. The minimum absolute atomic E-state index is 0.250. The van der Waals surface area contributed by atoms with E-state index in [0.29, 0.717) is 12.5 Å². The smallest absolute Gasteiger partial charge is 0.227 e. The number of para-hydroxylation sites is 1. The second-order valence-electron chi connectivity index (χ2n) is 8.47. The lowest BCUT2D eigenvalue weighted by Crippen LogP contribution is -2.47. The zero-order chi connectivity index (χ0) is 20.1. The van der Waals surface area contributed by atoms with Gasteiger partial charge in [-0.15, -0.1) is 0 Å². The van der Waals surface area contributed by atoms with Crippen molar-refractivity contribution in [3.63, 3.8) is 0 Å². The van der Waals surface area contributed by atoms with Crippen LogP contribution in [0.25, 0.3) is 10.9 Å². The van der Waals surface area contributed by atoms with E-state index in [1.54, 1.807) is 0 Å². The van der Waals surface area contributed by atoms with Gasteiger partial charge in [0.25, 0.3) is 0 Å². The van der Waals surface area contributed by atoms with Crippen molar-refractivity contribution in [1.29, 1.82) is 0 Å². The predicted molar refractivity (Wildman–Crippen MR) is 116 cm³/mol. The van der Waals surface area contributed by atoms with Crippen LogP contribution in [0.15, 0.2) is 30.5 Å². The van der Waals surface area contributed by atoms with Gasteiger partial charge in [0.05, 0.1) is 6.42 Å². The van der Waals surface area contributed by atoms with E-state index in [1.807, 2.05) is 18.3 Å². The number of fused-ring (bicyclic) bond motifs is 1. The Morgan fingerprint density at radius 1 is 1.17 bits per heavy atom. The SMILES string of the molecule is CN1CCN(CCCN(C(=O)Cc2c[nH]c3ccccc23)C2CCOCC2)CC1. The largest absolute Gasteiger partial charge is 0.381 e. The number of carbonyl (C=O) groups is 1. The molecule has 2 aromatic rings. The van der Waals surface area contributed by atoms with Crippen molar-refractivity contribution in [2.24, 2.45) is 0 Å². The molecule has 6 nitrogen and oxygen atoms in total. The van der Waals surface area contributed by atoms with Crippen LogP contribution in [0.3, 0.4) is 0 Å². The second kappa shape index (κ2) is 9.74. The first kappa shape index (κ1) is 20.4. The maximum Gasteiger partial charge on any atom is 0.227 e. The Morgan fingerprint density at radius 2 is 1.93 bits per heavy atom. The van der Waals surface area contributed by atoms with Gasteiger partial charge in [0.2, 0.25) is 5.91 Å². The Kier molecular flexibility index (Phi) is 6.85. The van der Waals surface area contributed by atoms with E-state index in [4.69, 9.17) is 4.74 Å². The molecule has 1 aromatic heterocycles. The number of amides is 1. The summed E-state index contributed by atoms with van der Waals surface area (Å²) in [5, 5.41) is 1.16. The molecule has 2 aliphatic rings. The third-order valence-corrected chi connectivity index (χ3v) is 6.44. The highest BCUT2D eigenvalue weighted by molar-refractivity contribution is 5.89. The van der Waals surface area contributed by atoms with E-state index < -0.39 is 0 Å². The van der Waals surface area contributed by atoms with Gasteiger partial charge in [0.1, 0.15) is 0 Å². The lowest BCUT2D eigenvalue weighted by Gasteiger charge is -2.36. The number of nitrogens with one attached hydrogen (secondary N) is 1. The molecule has 29 heavy (non-hydrogen) atoms. The third-order valence-electron chi connectivity index (χ3n) is 6.44. The highest BCUT2D eigenvalue weighted by Gasteiger charge is 2.26. The molecule has 6 heteroatoms. The minimum Gasteiger partial charge on any atom is -0.381 e. The molecule has 2 fully saturated rings. The Labute approximate surface area is 173 Å². The number of H-pyrrole nitrogens is 1. The Hall–Kier alpha value is -1.89. The van der Waals surface area contributed by atoms with E-state index in [9.17, 15) is 4.79 Å². The number of benzene rings is 1. The molecular formula is C23H34N4O2. The summed E-state index contributed by atoms with van der Waals surface area (Å²) < 4.78 is 5.55. The molecule has 1 aromatic carbocycles. The maximum absolute atomic E-state index is 13.3. The second-order valence-corrected chi connectivity index (χ2v) is 8.47. The van der Waals surface area contributed by atoms with Gasteiger partial charge in [0.15, 0.2) is 0 Å². The van der Waals surface area contributed by atoms with Crippen molar-refractivity contribution < 1.29 is 9.53 Å². The van der Waals surface area contributed by atoms with Crippen LogP contribution in [-0.4, -0.2) is 91.2 Å². The van der Waals surface area contributed by atoms with Crippen molar-refractivity contribution in [2.75, 3.05) is 59.5 Å². The van der Waals surface area contributed by atoms with Crippen molar-refractivity contribution in [1.82, 2.24) is 19.7 Å². The lowest BCUT2D eigenvalue weighted by molar-refractivity contribution is -0.134. The molecule has 0 saturated carbocycles. The first-order valence-corrected chi connectivity index (χ1v) is 11.0. The van der Waals surface area contributed by atoms with Crippen molar-refractivity contribution in [2.45, 2.75) is 31.7 Å². The van der Waals surface area contributed by atoms with Crippen molar-refractivity contribution >= 4 is 16.8 Å². The highest BCUT2D eigenvalue weighted by Crippen LogP contribution is 2.21. The average Bonchev–Trinajstić information content (AvgIpc) is 3.16. The summed E-state index contributed by atoms with van der Waals surface area (Å²) >= 11 is 0. The molecule has 0 atom stereocenters. The molecule has 4 rings (SSSR count). The molecule has 2 saturated heterocycles. The number of aromatic nitrogens is 1. The molecule has 0 spiro atoms. The van der Waals surface area contributed by atoms with E-state index >= 15 is 0 Å². The van der Waals surface area contributed by atoms with Gasteiger partial charge in [0, 0.05) is 69.1 Å². The fraction of sp³-hybridized carbons (Fsp3) is 0.609. The van der Waals surface area contributed by atoms with Crippen LogP contribution in [-0.2, 0) is 16.0 Å². The summed E-state index contributed by atoms with van der Waals surface area (Å²) in [6, 6.07) is 8.54. The first-order chi connectivity index (χ1) is 14.2. The Bertz CT molecular complexity index is 791. The number of aromatic amines is 1. The predicted octanol–water partition coefficient (Wildman–Crippen LogP) is 2.36. The molecule has 0 bridgehead atoms. The number of nitrogens with zero attached hydrogens (tertiary/aromatic N) is 3. The van der Waals surface area contributed by atoms with Crippen LogP contribution < -0.4 is 0 Å². The monoisotopic (exact) mass is 398 g/mol. The number of rotatable bonds is 7. The van der Waals surface area contributed by atoms with Crippen LogP contribution in [0.1, 0.15) is 24.8 Å². The molecule has 0 unspecified atom stereocenters. The quantitative estimate of drug-likeness (QED) is 0.778. The molecular weight excluding hydrogens is 364 g/mol. The molecule has 3 heterocycles. The van der Waals surface area contributed by atoms with E-state index in [1.165, 1.54) is 0 Å². The summed E-state index contributed by atoms with van der Waals surface area (Å²) in [5.41, 5.74) is 2.20. The van der Waals surface area contributed by atoms with Crippen molar-refractivity contribution in [3.8, 4) is 0 Å². The van der Waals surface area contributed by atoms with Crippen LogP contribution in [0.4, 0.5) is 0 Å². The van der Waals surface area contributed by atoms with Crippen LogP contribution in [0, 0.1) is 0 Å². The Balaban J connectivity index is 1.38. The highest BCUT2D eigenvalue weighted by atomic mass is 16.5. The van der Waals surface area contributed by atoms with Crippen LogP contribution >= 0.6 is 0 Å². The van der Waals surface area contributed by atoms with Gasteiger partial charge < -0.3 is 24.4 Å². The third kappa shape index (κ3) is 5.18. The van der Waals surface area contributed by atoms with E-state index in [0.717, 1.165) is 88.2 Å². The summed E-state index contributed by atoms with van der Waals surface area (Å²) in [6.07, 6.45) is 5.41. The maximum atomic E-state index is 13.3. The molecule has 2 aliphatic heterocycles. The number of likely N-dealkylation sites (N-methyl/N-ethyl adjacent to an activating group) is 1. The summed E-state index contributed by atoms with van der Waals surface area (Å²) in [4.78, 5) is 23.7. The molecule has 0 aliphatic carbocycles. The summed E-state index contributed by atoms with van der Waals surface area (Å²) in [7, 11) is 2.19. The number of hydrogen-bond acceptors (Lipinski definition) is 4. The number of ether oxygens (including phenoxy) is 1. The van der Waals surface area contributed by atoms with Gasteiger partial charge >= 0.3 is 0 Å². The zero-order valence-corrected chi connectivity index (χ0v) is 17.6. The molecule has 1 amide bonds. The normalized spacial score (nSPS) is 19.6. The molecule has 0 radical (unpaired) electrons. The standard InChI is InChI=1S/C23H34N4O2/c1-25-11-13-26(14-12-25)9-4-10-27(20-7-15-29-16-8-20)23(28)17-19-18-24-22-6-3-2-5-21(19)22/h2-3,5-6,18,20,24H,4,7-17H2,1H3. The lowest BCUT2D eigenvalue weighted by atomic mass is 10.0. The van der Waals surface area contributed by atoms with Gasteiger partial charge in [-0.1, -0.05) is 18.2 Å². The zero-order valence-electron chi connectivity index (χ0n) is 17.6. The van der Waals surface area contributed by atoms with Crippen LogP contribution in [0.2, 0.25) is 0 Å². The van der Waals surface area contributed by atoms with Gasteiger partial charge in [-0.05, 0) is 44.5 Å². The summed E-state index contributed by atoms with van der Waals surface area (Å²) in [6.45, 7) is 8.01. The van der Waals surface area contributed by atoms with E-state index in [2.05, 4.69) is 38.9 Å². The molecule has 158 valence electrons. The number of carbonyl (C=O) groups excluding carboxylic acids is 1. The average molecular weight is 399 g/mol. The van der Waals surface area contributed by atoms with E-state index in [-0.39, 0.29) is 5.91 Å². The first-order valence-electron chi connectivity index (χ1n) is 11.0. The topological polar surface area (TPSA) is 51.8 Å². The van der Waals surface area contributed by atoms with Gasteiger partial charge in [-0.25, -0.2) is 0 Å². The Morgan fingerprint density at radius 3 is 2.72 bits per heavy atom. The van der Waals surface area contributed by atoms with Crippen LogP contribution in [0.5, 0.6) is 0 Å². The number of hydrogen-bond donors (Lipinski definition) is 1.